The van der Waals surface area contributed by atoms with Gasteiger partial charge >= 0.3 is 12.1 Å². The third-order valence-electron chi connectivity index (χ3n) is 4.83. The molecule has 7 heteroatoms. The summed E-state index contributed by atoms with van der Waals surface area (Å²) in [6.07, 6.45) is -0.716. The fourth-order valence-electron chi connectivity index (χ4n) is 3.55. The smallest absolute Gasteiger partial charge is 0.416 e. The number of halogens is 3. The molecular weight excluding hydrogens is 323 g/mol. The molecule has 0 unspecified atom stereocenters. The summed E-state index contributed by atoms with van der Waals surface area (Å²) in [5.74, 6) is -0.809. The number of amides is 1. The zero-order valence-electron chi connectivity index (χ0n) is 13.1. The van der Waals surface area contributed by atoms with Gasteiger partial charge in [0.25, 0.3) is 5.91 Å². The summed E-state index contributed by atoms with van der Waals surface area (Å²) in [6.45, 7) is 0.387. The molecule has 1 amide bonds. The molecule has 1 aliphatic carbocycles. The maximum Gasteiger partial charge on any atom is 0.416 e. The Kier molecular flexibility index (Phi) is 4.27. The minimum atomic E-state index is -4.44. The second kappa shape index (κ2) is 6.11. The van der Waals surface area contributed by atoms with Gasteiger partial charge in [0, 0.05) is 5.56 Å². The quantitative estimate of drug-likeness (QED) is 0.736. The highest BCUT2D eigenvalue weighted by Gasteiger charge is 2.50. The van der Waals surface area contributed by atoms with Gasteiger partial charge in [0.2, 0.25) is 0 Å². The van der Waals surface area contributed by atoms with E-state index >= 15 is 0 Å². The van der Waals surface area contributed by atoms with Crippen molar-refractivity contribution in [2.45, 2.75) is 43.8 Å². The maximum atomic E-state index is 12.8. The normalized spacial score (nSPS) is 20.8. The minimum absolute atomic E-state index is 0.118. The van der Waals surface area contributed by atoms with E-state index in [-0.39, 0.29) is 18.7 Å². The predicted molar refractivity (Wildman–Crippen MR) is 79.3 cm³/mol. The van der Waals surface area contributed by atoms with Crippen LogP contribution in [0.15, 0.2) is 24.3 Å². The largest absolute Gasteiger partial charge is 0.462 e. The van der Waals surface area contributed by atoms with Crippen molar-refractivity contribution in [3.05, 3.63) is 35.4 Å². The molecule has 3 rings (SSSR count). The molecule has 1 saturated heterocycles. The van der Waals surface area contributed by atoms with E-state index in [1.807, 2.05) is 0 Å². The van der Waals surface area contributed by atoms with Gasteiger partial charge in [-0.2, -0.15) is 13.2 Å². The Morgan fingerprint density at radius 3 is 2.29 bits per heavy atom. The lowest BCUT2D eigenvalue weighted by Crippen LogP contribution is -2.62. The predicted octanol–water partition coefficient (Wildman–Crippen LogP) is 3.41. The number of nitrogens with zero attached hydrogens (tertiary/aromatic N) is 1. The number of ether oxygens (including phenoxy) is 1. The highest BCUT2D eigenvalue weighted by Crippen LogP contribution is 2.38. The zero-order valence-corrected chi connectivity index (χ0v) is 13.1. The first-order valence-electron chi connectivity index (χ1n) is 8.01. The van der Waals surface area contributed by atoms with Gasteiger partial charge in [-0.1, -0.05) is 19.3 Å². The molecular formula is C17H18F3NO3. The number of carbonyl (C=O) groups excluding carboxylic acids is 2. The Bertz CT molecular complexity index is 633. The number of morpholine rings is 1. The van der Waals surface area contributed by atoms with Crippen molar-refractivity contribution >= 4 is 11.9 Å². The van der Waals surface area contributed by atoms with Crippen LogP contribution in [-0.2, 0) is 15.7 Å². The topological polar surface area (TPSA) is 46.6 Å². The first kappa shape index (κ1) is 16.8. The number of carbonyl (C=O) groups is 2. The molecule has 2 aliphatic rings. The summed E-state index contributed by atoms with van der Waals surface area (Å²) >= 11 is 0. The molecule has 0 N–H and O–H groups in total. The molecule has 0 atom stereocenters. The Hall–Kier alpha value is -2.05. The summed E-state index contributed by atoms with van der Waals surface area (Å²) in [6, 6.07) is 4.12. The fourth-order valence-corrected chi connectivity index (χ4v) is 3.55. The third kappa shape index (κ3) is 2.87. The highest BCUT2D eigenvalue weighted by molar-refractivity contribution is 5.98. The van der Waals surface area contributed by atoms with Crippen molar-refractivity contribution in [2.75, 3.05) is 13.2 Å². The van der Waals surface area contributed by atoms with Gasteiger partial charge in [0.15, 0.2) is 0 Å². The molecule has 1 saturated carbocycles. The van der Waals surface area contributed by atoms with Crippen LogP contribution in [0.1, 0.15) is 48.0 Å². The Morgan fingerprint density at radius 2 is 1.71 bits per heavy atom. The monoisotopic (exact) mass is 341 g/mol. The molecule has 1 aromatic carbocycles. The Morgan fingerprint density at radius 1 is 1.08 bits per heavy atom. The summed E-state index contributed by atoms with van der Waals surface area (Å²) in [4.78, 5) is 26.7. The molecule has 24 heavy (non-hydrogen) atoms. The van der Waals surface area contributed by atoms with Crippen molar-refractivity contribution in [1.29, 1.82) is 0 Å². The third-order valence-corrected chi connectivity index (χ3v) is 4.83. The maximum absolute atomic E-state index is 12.8. The number of alkyl halides is 3. The van der Waals surface area contributed by atoms with Crippen molar-refractivity contribution in [1.82, 2.24) is 4.90 Å². The van der Waals surface area contributed by atoms with Gasteiger partial charge in [0.05, 0.1) is 12.1 Å². The van der Waals surface area contributed by atoms with Gasteiger partial charge in [0.1, 0.15) is 12.1 Å². The van der Waals surface area contributed by atoms with E-state index in [1.54, 1.807) is 0 Å². The first-order chi connectivity index (χ1) is 11.3. The van der Waals surface area contributed by atoms with Crippen molar-refractivity contribution in [3.8, 4) is 0 Å². The Labute approximate surface area is 137 Å². The molecule has 0 aromatic heterocycles. The van der Waals surface area contributed by atoms with Crippen LogP contribution < -0.4 is 0 Å². The number of hydrogen-bond donors (Lipinski definition) is 0. The van der Waals surface area contributed by atoms with E-state index in [4.69, 9.17) is 4.74 Å². The summed E-state index contributed by atoms with van der Waals surface area (Å²) in [5, 5.41) is 0. The van der Waals surface area contributed by atoms with E-state index in [1.165, 1.54) is 17.0 Å². The summed E-state index contributed by atoms with van der Waals surface area (Å²) in [7, 11) is 0. The summed E-state index contributed by atoms with van der Waals surface area (Å²) < 4.78 is 43.1. The molecule has 1 spiro atoms. The van der Waals surface area contributed by atoms with Crippen LogP contribution in [0.4, 0.5) is 13.2 Å². The van der Waals surface area contributed by atoms with Crippen LogP contribution in [-0.4, -0.2) is 35.5 Å². The SMILES string of the molecule is O=C(c1ccc(C(F)(F)F)cc1)N1CCOC(=O)C12CCCCC2. The second-order valence-electron chi connectivity index (χ2n) is 6.26. The van der Waals surface area contributed by atoms with Gasteiger partial charge < -0.3 is 9.64 Å². The number of cyclic esters (lactones) is 1. The van der Waals surface area contributed by atoms with Crippen LogP contribution in [0.2, 0.25) is 0 Å². The lowest BCUT2D eigenvalue weighted by atomic mass is 9.79. The highest BCUT2D eigenvalue weighted by atomic mass is 19.4. The van der Waals surface area contributed by atoms with Crippen LogP contribution in [0.25, 0.3) is 0 Å². The molecule has 0 radical (unpaired) electrons. The minimum Gasteiger partial charge on any atom is -0.462 e. The first-order valence-corrected chi connectivity index (χ1v) is 8.01. The van der Waals surface area contributed by atoms with E-state index in [0.717, 1.165) is 31.4 Å². The van der Waals surface area contributed by atoms with Crippen molar-refractivity contribution < 1.29 is 27.5 Å². The van der Waals surface area contributed by atoms with Crippen LogP contribution in [0.5, 0.6) is 0 Å². The van der Waals surface area contributed by atoms with E-state index in [0.29, 0.717) is 12.8 Å². The molecule has 2 fully saturated rings. The van der Waals surface area contributed by atoms with E-state index in [9.17, 15) is 22.8 Å². The van der Waals surface area contributed by atoms with Crippen molar-refractivity contribution in [3.63, 3.8) is 0 Å². The van der Waals surface area contributed by atoms with Crippen LogP contribution in [0, 0.1) is 0 Å². The van der Waals surface area contributed by atoms with Crippen LogP contribution >= 0.6 is 0 Å². The number of hydrogen-bond acceptors (Lipinski definition) is 3. The van der Waals surface area contributed by atoms with Gasteiger partial charge in [-0.15, -0.1) is 0 Å². The van der Waals surface area contributed by atoms with Crippen LogP contribution in [0.3, 0.4) is 0 Å². The molecule has 0 bridgehead atoms. The summed E-state index contributed by atoms with van der Waals surface area (Å²) in [5.41, 5.74) is -1.61. The van der Waals surface area contributed by atoms with Gasteiger partial charge in [-0.05, 0) is 37.1 Å². The average Bonchev–Trinajstić information content (AvgIpc) is 2.57. The number of benzene rings is 1. The molecule has 4 nitrogen and oxygen atoms in total. The zero-order chi connectivity index (χ0) is 17.4. The lowest BCUT2D eigenvalue weighted by Gasteiger charge is -2.47. The molecule has 1 aromatic rings. The number of rotatable bonds is 1. The standard InChI is InChI=1S/C17H18F3NO3/c18-17(19,20)13-6-4-12(5-7-13)14(22)21-10-11-24-15(23)16(21)8-2-1-3-9-16/h4-7H,1-3,8-11H2. The van der Waals surface area contributed by atoms with E-state index < -0.39 is 29.2 Å². The fraction of sp³-hybridized carbons (Fsp3) is 0.529. The molecule has 130 valence electrons. The Balaban J connectivity index is 1.88. The average molecular weight is 341 g/mol. The van der Waals surface area contributed by atoms with Gasteiger partial charge in [-0.3, -0.25) is 4.79 Å². The molecule has 1 heterocycles. The van der Waals surface area contributed by atoms with E-state index in [2.05, 4.69) is 0 Å². The molecule has 1 aliphatic heterocycles. The van der Waals surface area contributed by atoms with Crippen molar-refractivity contribution in [2.24, 2.45) is 0 Å². The lowest BCUT2D eigenvalue weighted by molar-refractivity contribution is -0.168. The number of esters is 1. The second-order valence-corrected chi connectivity index (χ2v) is 6.26. The van der Waals surface area contributed by atoms with Gasteiger partial charge in [-0.25, -0.2) is 4.79 Å².